The molecular formula is C23H19NO5S. The first-order valence-electron chi connectivity index (χ1n) is 9.21. The molecule has 0 spiro atoms. The molecule has 0 saturated heterocycles. The highest BCUT2D eigenvalue weighted by Crippen LogP contribution is 2.21. The maximum Gasteiger partial charge on any atom is 0.365 e. The molecule has 0 bridgehead atoms. The van der Waals surface area contributed by atoms with Gasteiger partial charge in [-0.1, -0.05) is 60.6 Å². The summed E-state index contributed by atoms with van der Waals surface area (Å²) in [5.41, 5.74) is 0.606. The molecule has 0 aliphatic heterocycles. The molecule has 0 amide bonds. The maximum absolute atomic E-state index is 12.7. The van der Waals surface area contributed by atoms with E-state index in [1.165, 1.54) is 36.4 Å². The van der Waals surface area contributed by atoms with Crippen LogP contribution in [0.25, 0.3) is 0 Å². The number of carbonyl (C=O) groups is 2. The molecule has 3 aromatic carbocycles. The average molecular weight is 421 g/mol. The number of oxime groups is 1. The van der Waals surface area contributed by atoms with Crippen molar-refractivity contribution in [1.82, 2.24) is 0 Å². The van der Waals surface area contributed by atoms with Gasteiger partial charge in [-0.3, -0.25) is 4.79 Å². The molecule has 152 valence electrons. The van der Waals surface area contributed by atoms with Gasteiger partial charge in [-0.2, -0.15) is 0 Å². The van der Waals surface area contributed by atoms with E-state index in [4.69, 9.17) is 4.84 Å². The predicted molar refractivity (Wildman–Crippen MR) is 112 cm³/mol. The average Bonchev–Trinajstić information content (AvgIpc) is 2.80. The van der Waals surface area contributed by atoms with E-state index in [1.54, 1.807) is 55.5 Å². The summed E-state index contributed by atoms with van der Waals surface area (Å²) in [6, 6.07) is 22.1. The summed E-state index contributed by atoms with van der Waals surface area (Å²) >= 11 is 0. The van der Waals surface area contributed by atoms with E-state index in [1.807, 2.05) is 0 Å². The molecule has 7 heteroatoms. The van der Waals surface area contributed by atoms with Gasteiger partial charge in [0.15, 0.2) is 11.5 Å². The first-order valence-corrected chi connectivity index (χ1v) is 10.7. The fourth-order valence-corrected chi connectivity index (χ4v) is 3.96. The summed E-state index contributed by atoms with van der Waals surface area (Å²) in [6.45, 7) is 1.66. The summed E-state index contributed by atoms with van der Waals surface area (Å²) in [7, 11) is -3.68. The topological polar surface area (TPSA) is 89.9 Å². The van der Waals surface area contributed by atoms with Gasteiger partial charge in [0.1, 0.15) is 0 Å². The molecule has 0 atom stereocenters. The molecule has 0 fully saturated rings. The van der Waals surface area contributed by atoms with Crippen molar-refractivity contribution in [2.24, 2.45) is 5.16 Å². The molecule has 0 unspecified atom stereocenters. The van der Waals surface area contributed by atoms with Gasteiger partial charge in [-0.15, -0.1) is 0 Å². The first kappa shape index (κ1) is 21.1. The Hall–Kier alpha value is -3.58. The number of sulfone groups is 1. The number of hydrogen-bond acceptors (Lipinski definition) is 6. The Labute approximate surface area is 174 Å². The molecule has 6 nitrogen and oxygen atoms in total. The molecule has 0 aromatic heterocycles. The van der Waals surface area contributed by atoms with Crippen molar-refractivity contribution >= 4 is 27.3 Å². The number of ketones is 1. The molecule has 0 heterocycles. The van der Waals surface area contributed by atoms with Crippen LogP contribution in [0.15, 0.2) is 99.9 Å². The lowest BCUT2D eigenvalue weighted by molar-refractivity contribution is -0.112. The number of hydrogen-bond donors (Lipinski definition) is 0. The van der Waals surface area contributed by atoms with Crippen LogP contribution in [0.4, 0.5) is 0 Å². The van der Waals surface area contributed by atoms with Crippen molar-refractivity contribution < 1.29 is 22.8 Å². The van der Waals surface area contributed by atoms with Gasteiger partial charge >= 0.3 is 5.97 Å². The highest BCUT2D eigenvalue weighted by atomic mass is 32.2. The second kappa shape index (κ2) is 9.28. The van der Waals surface area contributed by atoms with Crippen molar-refractivity contribution in [3.05, 3.63) is 96.1 Å². The molecular weight excluding hydrogens is 402 g/mol. The smallest absolute Gasteiger partial charge is 0.312 e. The Balaban J connectivity index is 1.88. The monoisotopic (exact) mass is 421 g/mol. The van der Waals surface area contributed by atoms with Crippen molar-refractivity contribution in [2.45, 2.75) is 23.1 Å². The fourth-order valence-electron chi connectivity index (χ4n) is 2.67. The molecule has 0 aliphatic rings. The molecule has 30 heavy (non-hydrogen) atoms. The third-order valence-electron chi connectivity index (χ3n) is 4.31. The minimum atomic E-state index is -3.68. The van der Waals surface area contributed by atoms with Crippen LogP contribution >= 0.6 is 0 Å². The van der Waals surface area contributed by atoms with Crippen LogP contribution in [-0.4, -0.2) is 25.9 Å². The van der Waals surface area contributed by atoms with Crippen LogP contribution in [0.5, 0.6) is 0 Å². The van der Waals surface area contributed by atoms with E-state index in [0.29, 0.717) is 11.1 Å². The quantitative estimate of drug-likeness (QED) is 0.326. The van der Waals surface area contributed by atoms with Crippen LogP contribution in [0, 0.1) is 0 Å². The fraction of sp³-hybridized carbons (Fsp3) is 0.0870. The van der Waals surface area contributed by atoms with Gasteiger partial charge in [0.05, 0.1) is 15.4 Å². The van der Waals surface area contributed by atoms with Crippen molar-refractivity contribution in [1.29, 1.82) is 0 Å². The lowest BCUT2D eigenvalue weighted by Gasteiger charge is -2.07. The maximum atomic E-state index is 12.7. The van der Waals surface area contributed by atoms with E-state index >= 15 is 0 Å². The Morgan fingerprint density at radius 3 is 1.87 bits per heavy atom. The van der Waals surface area contributed by atoms with Gasteiger partial charge in [-0.25, -0.2) is 13.2 Å². The largest absolute Gasteiger partial charge is 0.365 e. The summed E-state index contributed by atoms with van der Waals surface area (Å²) in [5.74, 6) is -1.03. The van der Waals surface area contributed by atoms with Gasteiger partial charge < -0.3 is 4.84 Å². The highest BCUT2D eigenvalue weighted by molar-refractivity contribution is 7.91. The normalized spacial score (nSPS) is 11.7. The van der Waals surface area contributed by atoms with Crippen LogP contribution in [-0.2, 0) is 19.5 Å². The predicted octanol–water partition coefficient (Wildman–Crippen LogP) is 4.06. The first-order chi connectivity index (χ1) is 14.4. The third-order valence-corrected chi connectivity index (χ3v) is 6.09. The van der Waals surface area contributed by atoms with Gasteiger partial charge in [0.2, 0.25) is 9.84 Å². The zero-order valence-corrected chi connectivity index (χ0v) is 17.0. The number of Topliss-reactive ketones (excluding diaryl/α,β-unsaturated/α-hetero) is 1. The summed E-state index contributed by atoms with van der Waals surface area (Å²) in [6.07, 6.45) is 0.145. The van der Waals surface area contributed by atoms with Crippen molar-refractivity contribution in [3.8, 4) is 0 Å². The Morgan fingerprint density at radius 2 is 1.30 bits per heavy atom. The molecule has 3 aromatic rings. The molecule has 0 radical (unpaired) electrons. The number of benzene rings is 3. The van der Waals surface area contributed by atoms with E-state index < -0.39 is 15.8 Å². The third kappa shape index (κ3) is 4.69. The Bertz CT molecular complexity index is 1170. The molecule has 0 saturated carbocycles. The van der Waals surface area contributed by atoms with Crippen molar-refractivity contribution in [2.75, 3.05) is 0 Å². The number of carbonyl (C=O) groups excluding carboxylic acids is 2. The van der Waals surface area contributed by atoms with Gasteiger partial charge in [-0.05, 0) is 36.4 Å². The van der Waals surface area contributed by atoms with Gasteiger partial charge in [0.25, 0.3) is 0 Å². The summed E-state index contributed by atoms with van der Waals surface area (Å²) in [4.78, 5) is 29.6. The zero-order chi connectivity index (χ0) is 21.6. The lowest BCUT2D eigenvalue weighted by Crippen LogP contribution is -2.16. The van der Waals surface area contributed by atoms with E-state index in [0.717, 1.165) is 0 Å². The highest BCUT2D eigenvalue weighted by Gasteiger charge is 2.19. The minimum absolute atomic E-state index is 0.0505. The zero-order valence-electron chi connectivity index (χ0n) is 16.2. The Morgan fingerprint density at radius 1 is 0.767 bits per heavy atom. The minimum Gasteiger partial charge on any atom is -0.312 e. The Kier molecular flexibility index (Phi) is 6.54. The molecule has 0 N–H and O–H groups in total. The second-order valence-corrected chi connectivity index (χ2v) is 8.25. The van der Waals surface area contributed by atoms with E-state index in [2.05, 4.69) is 5.16 Å². The number of nitrogens with zero attached hydrogens (tertiary/aromatic N) is 1. The van der Waals surface area contributed by atoms with Crippen molar-refractivity contribution in [3.63, 3.8) is 0 Å². The van der Waals surface area contributed by atoms with Gasteiger partial charge in [0, 0.05) is 12.0 Å². The molecule has 3 rings (SSSR count). The SMILES string of the molecule is CCC(=O)/C(=N\OC(=O)c1ccccc1)c1ccc(S(=O)(=O)c2ccccc2)cc1. The molecule has 0 aliphatic carbocycles. The standard InChI is InChI=1S/C23H19NO5S/c1-2-21(25)22(24-29-23(26)18-9-5-3-6-10-18)17-13-15-20(16-14-17)30(27,28)19-11-7-4-8-12-19/h3-16H,2H2,1H3/b24-22-. The van der Waals surface area contributed by atoms with E-state index in [9.17, 15) is 18.0 Å². The van der Waals surface area contributed by atoms with E-state index in [-0.39, 0.29) is 27.7 Å². The lowest BCUT2D eigenvalue weighted by atomic mass is 10.1. The van der Waals surface area contributed by atoms with Crippen LogP contribution < -0.4 is 0 Å². The summed E-state index contributed by atoms with van der Waals surface area (Å²) in [5, 5.41) is 3.76. The summed E-state index contributed by atoms with van der Waals surface area (Å²) < 4.78 is 25.4. The second-order valence-electron chi connectivity index (χ2n) is 6.30. The van der Waals surface area contributed by atoms with Crippen LogP contribution in [0.3, 0.4) is 0 Å². The number of rotatable bonds is 7. The van der Waals surface area contributed by atoms with Crippen LogP contribution in [0.2, 0.25) is 0 Å². The van der Waals surface area contributed by atoms with Crippen LogP contribution in [0.1, 0.15) is 29.3 Å².